The molecule has 0 radical (unpaired) electrons. The van der Waals surface area contributed by atoms with Gasteiger partial charge in [0, 0.05) is 12.3 Å². The van der Waals surface area contributed by atoms with Crippen molar-refractivity contribution in [2.24, 2.45) is 11.7 Å². The van der Waals surface area contributed by atoms with Gasteiger partial charge in [0.25, 0.3) is 0 Å². The zero-order chi connectivity index (χ0) is 17.7. The lowest BCUT2D eigenvalue weighted by Crippen LogP contribution is -2.46. The van der Waals surface area contributed by atoms with Crippen LogP contribution in [0.15, 0.2) is 0 Å². The second-order valence-electron chi connectivity index (χ2n) is 8.18. The highest BCUT2D eigenvalue weighted by Crippen LogP contribution is 2.35. The first-order chi connectivity index (χ1) is 10.5. The third-order valence-electron chi connectivity index (χ3n) is 5.22. The van der Waals surface area contributed by atoms with Crippen molar-refractivity contribution < 1.29 is 9.59 Å². The average molecular weight is 337 g/mol. The number of nitrogens with one attached hydrogen (secondary N) is 1. The molecule has 0 heterocycles. The molecule has 2 amide bonds. The summed E-state index contributed by atoms with van der Waals surface area (Å²) in [5.41, 5.74) is 8.81. The molecular formula is C18H32N2O2Si. The average Bonchev–Trinajstić information content (AvgIpc) is 2.45. The highest BCUT2D eigenvalue weighted by atomic mass is 28.3. The molecule has 5 heteroatoms. The monoisotopic (exact) mass is 336 g/mol. The van der Waals surface area contributed by atoms with Crippen LogP contribution in [-0.2, 0) is 9.59 Å². The lowest BCUT2D eigenvalue weighted by atomic mass is 9.88. The van der Waals surface area contributed by atoms with Gasteiger partial charge in [-0.1, -0.05) is 53.1 Å². The van der Waals surface area contributed by atoms with Crippen LogP contribution in [-0.4, -0.2) is 25.9 Å². The van der Waals surface area contributed by atoms with Gasteiger partial charge in [-0.05, 0) is 17.9 Å². The van der Waals surface area contributed by atoms with Gasteiger partial charge in [-0.15, -0.1) is 11.5 Å². The SMILES string of the molecule is CC(C)(C)[Si](C)(C)C#CC[C@@H](NC(=O)C1CCCCC1)C(N)=O. The second kappa shape index (κ2) is 8.01. The van der Waals surface area contributed by atoms with Crippen molar-refractivity contribution in [2.75, 3.05) is 0 Å². The van der Waals surface area contributed by atoms with Gasteiger partial charge < -0.3 is 11.1 Å². The molecule has 0 aliphatic heterocycles. The maximum Gasteiger partial charge on any atom is 0.240 e. The van der Waals surface area contributed by atoms with E-state index in [2.05, 4.69) is 50.6 Å². The van der Waals surface area contributed by atoms with Gasteiger partial charge in [0.15, 0.2) is 0 Å². The maximum atomic E-state index is 12.3. The Balaban J connectivity index is 2.66. The third-order valence-corrected chi connectivity index (χ3v) is 9.77. The lowest BCUT2D eigenvalue weighted by Gasteiger charge is -2.31. The fourth-order valence-electron chi connectivity index (χ4n) is 2.44. The standard InChI is InChI=1S/C18H32N2O2Si/c1-18(2,3)23(4,5)13-9-12-15(16(19)21)20-17(22)14-10-7-6-8-11-14/h14-15H,6-8,10-12H2,1-5H3,(H2,19,21)(H,20,22)/t15-/m1/s1. The summed E-state index contributed by atoms with van der Waals surface area (Å²) in [5.74, 6) is 2.60. The topological polar surface area (TPSA) is 72.2 Å². The molecule has 1 aliphatic carbocycles. The molecule has 4 nitrogen and oxygen atoms in total. The third kappa shape index (κ3) is 6.02. The minimum atomic E-state index is -1.70. The van der Waals surface area contributed by atoms with Crippen LogP contribution < -0.4 is 11.1 Å². The largest absolute Gasteiger partial charge is 0.368 e. The Morgan fingerprint density at radius 3 is 2.26 bits per heavy atom. The summed E-state index contributed by atoms with van der Waals surface area (Å²) in [4.78, 5) is 23.9. The van der Waals surface area contributed by atoms with E-state index in [1.54, 1.807) is 0 Å². The normalized spacial score (nSPS) is 17.8. The molecule has 1 atom stereocenters. The van der Waals surface area contributed by atoms with E-state index in [-0.39, 0.29) is 16.9 Å². The predicted octanol–water partition coefficient (Wildman–Crippen LogP) is 2.98. The summed E-state index contributed by atoms with van der Waals surface area (Å²) in [5, 5.41) is 2.98. The molecule has 0 aromatic heterocycles. The van der Waals surface area contributed by atoms with Crippen LogP contribution in [0.3, 0.4) is 0 Å². The number of amides is 2. The van der Waals surface area contributed by atoms with Gasteiger partial charge in [-0.25, -0.2) is 0 Å². The van der Waals surface area contributed by atoms with Crippen LogP contribution in [0, 0.1) is 17.4 Å². The van der Waals surface area contributed by atoms with Gasteiger partial charge >= 0.3 is 0 Å². The molecular weight excluding hydrogens is 304 g/mol. The summed E-state index contributed by atoms with van der Waals surface area (Å²) in [6.45, 7) is 11.0. The van der Waals surface area contributed by atoms with Crippen molar-refractivity contribution in [3.8, 4) is 11.5 Å². The Labute approximate surface area is 142 Å². The van der Waals surface area contributed by atoms with Crippen molar-refractivity contribution >= 4 is 19.9 Å². The Bertz CT molecular complexity index is 491. The number of nitrogens with two attached hydrogens (primary N) is 1. The molecule has 0 unspecified atom stereocenters. The van der Waals surface area contributed by atoms with Gasteiger partial charge in [-0.2, -0.15) is 0 Å². The van der Waals surface area contributed by atoms with E-state index in [1.807, 2.05) is 0 Å². The second-order valence-corrected chi connectivity index (χ2v) is 13.2. The van der Waals surface area contributed by atoms with Crippen molar-refractivity contribution in [1.29, 1.82) is 0 Å². The first kappa shape index (κ1) is 19.8. The number of hydrogen-bond donors (Lipinski definition) is 2. The number of rotatable bonds is 4. The maximum absolute atomic E-state index is 12.3. The van der Waals surface area contributed by atoms with Crippen LogP contribution in [0.1, 0.15) is 59.3 Å². The van der Waals surface area contributed by atoms with Crippen molar-refractivity contribution in [3.63, 3.8) is 0 Å². The van der Waals surface area contributed by atoms with Crippen molar-refractivity contribution in [1.82, 2.24) is 5.32 Å². The number of carbonyl (C=O) groups is 2. The molecule has 0 aromatic rings. The number of hydrogen-bond acceptors (Lipinski definition) is 2. The molecule has 0 bridgehead atoms. The summed E-state index contributed by atoms with van der Waals surface area (Å²) in [7, 11) is -1.70. The van der Waals surface area contributed by atoms with E-state index in [4.69, 9.17) is 5.73 Å². The zero-order valence-electron chi connectivity index (χ0n) is 15.3. The van der Waals surface area contributed by atoms with Crippen molar-refractivity contribution in [3.05, 3.63) is 0 Å². The zero-order valence-corrected chi connectivity index (χ0v) is 16.3. The smallest absolute Gasteiger partial charge is 0.240 e. The number of carbonyl (C=O) groups excluding carboxylic acids is 2. The van der Waals surface area contributed by atoms with Gasteiger partial charge in [0.1, 0.15) is 14.1 Å². The molecule has 0 saturated heterocycles. The summed E-state index contributed by atoms with van der Waals surface area (Å²) in [6.07, 6.45) is 5.50. The molecule has 0 spiro atoms. The van der Waals surface area contributed by atoms with E-state index in [1.165, 1.54) is 6.42 Å². The van der Waals surface area contributed by atoms with Crippen LogP contribution >= 0.6 is 0 Å². The number of primary amides is 1. The van der Waals surface area contributed by atoms with Crippen LogP contribution in [0.2, 0.25) is 18.1 Å². The minimum Gasteiger partial charge on any atom is -0.368 e. The van der Waals surface area contributed by atoms with Crippen LogP contribution in [0.5, 0.6) is 0 Å². The Hall–Kier alpha value is -1.28. The Morgan fingerprint density at radius 1 is 1.22 bits per heavy atom. The molecule has 23 heavy (non-hydrogen) atoms. The van der Waals surface area contributed by atoms with E-state index < -0.39 is 20.0 Å². The van der Waals surface area contributed by atoms with E-state index in [9.17, 15) is 9.59 Å². The first-order valence-corrected chi connectivity index (χ1v) is 11.6. The Morgan fingerprint density at radius 2 is 1.78 bits per heavy atom. The predicted molar refractivity (Wildman–Crippen MR) is 97.3 cm³/mol. The van der Waals surface area contributed by atoms with Gasteiger partial charge in [-0.3, -0.25) is 9.59 Å². The highest BCUT2D eigenvalue weighted by Gasteiger charge is 2.33. The van der Waals surface area contributed by atoms with Gasteiger partial charge in [0.05, 0.1) is 0 Å². The molecule has 0 aromatic carbocycles. The van der Waals surface area contributed by atoms with Crippen molar-refractivity contribution in [2.45, 2.75) is 83.5 Å². The minimum absolute atomic E-state index is 0.0268. The molecule has 1 fully saturated rings. The fraction of sp³-hybridized carbons (Fsp3) is 0.778. The molecule has 1 saturated carbocycles. The quantitative estimate of drug-likeness (QED) is 0.612. The highest BCUT2D eigenvalue weighted by molar-refractivity contribution is 6.87. The molecule has 1 aliphatic rings. The molecule has 3 N–H and O–H groups in total. The van der Waals surface area contributed by atoms with Crippen LogP contribution in [0.4, 0.5) is 0 Å². The van der Waals surface area contributed by atoms with Crippen LogP contribution in [0.25, 0.3) is 0 Å². The molecule has 130 valence electrons. The molecule has 1 rings (SSSR count). The van der Waals surface area contributed by atoms with E-state index in [0.29, 0.717) is 6.42 Å². The summed E-state index contributed by atoms with van der Waals surface area (Å²) < 4.78 is 0. The van der Waals surface area contributed by atoms with E-state index in [0.717, 1.165) is 25.7 Å². The summed E-state index contributed by atoms with van der Waals surface area (Å²) >= 11 is 0. The summed E-state index contributed by atoms with van der Waals surface area (Å²) in [6, 6.07) is -0.679. The Kier molecular flexibility index (Phi) is 6.88. The lowest BCUT2D eigenvalue weighted by molar-refractivity contribution is -0.130. The first-order valence-electron chi connectivity index (χ1n) is 8.64. The fourth-order valence-corrected chi connectivity index (χ4v) is 3.36. The van der Waals surface area contributed by atoms with Gasteiger partial charge in [0.2, 0.25) is 11.8 Å². The van der Waals surface area contributed by atoms with E-state index >= 15 is 0 Å².